The first kappa shape index (κ1) is 19.5. The standard InChI is InChI=1S/C20H18FN7O2S/c21-15-5-4-8-17(13-15)31(29,30)27-11-9-26(10-12-27)19-18-20(23-14-22-19)28(25-24-18)16-6-2-1-3-7-16/h1-8,13-14H,9-12H2. The molecule has 0 atom stereocenters. The Bertz CT molecular complexity index is 1340. The second-order valence-corrected chi connectivity index (χ2v) is 8.99. The van der Waals surface area contributed by atoms with Gasteiger partial charge in [-0.3, -0.25) is 0 Å². The van der Waals surface area contributed by atoms with Crippen LogP contribution in [0.4, 0.5) is 10.2 Å². The summed E-state index contributed by atoms with van der Waals surface area (Å²) in [4.78, 5) is 10.6. The Labute approximate surface area is 177 Å². The van der Waals surface area contributed by atoms with Crippen molar-refractivity contribution >= 4 is 27.0 Å². The molecule has 0 saturated carbocycles. The van der Waals surface area contributed by atoms with Crippen LogP contribution in [0.15, 0.2) is 65.8 Å². The number of nitrogens with zero attached hydrogens (tertiary/aromatic N) is 7. The van der Waals surface area contributed by atoms with E-state index in [0.717, 1.165) is 11.8 Å². The molecule has 1 aliphatic heterocycles. The van der Waals surface area contributed by atoms with Gasteiger partial charge in [0.05, 0.1) is 10.6 Å². The maximum atomic E-state index is 13.5. The average Bonchev–Trinajstić information content (AvgIpc) is 3.24. The molecule has 3 heterocycles. The molecule has 4 aromatic rings. The fraction of sp³-hybridized carbons (Fsp3) is 0.200. The minimum absolute atomic E-state index is 0.0452. The molecule has 0 radical (unpaired) electrons. The number of hydrogen-bond acceptors (Lipinski definition) is 7. The quantitative estimate of drug-likeness (QED) is 0.479. The van der Waals surface area contributed by atoms with E-state index in [1.54, 1.807) is 4.68 Å². The van der Waals surface area contributed by atoms with Crippen LogP contribution in [0.25, 0.3) is 16.9 Å². The summed E-state index contributed by atoms with van der Waals surface area (Å²) in [5.74, 6) is 0.0274. The monoisotopic (exact) mass is 439 g/mol. The Balaban J connectivity index is 1.39. The van der Waals surface area contributed by atoms with Crippen molar-refractivity contribution < 1.29 is 12.8 Å². The number of sulfonamides is 1. The summed E-state index contributed by atoms with van der Waals surface area (Å²) >= 11 is 0. The number of fused-ring (bicyclic) bond motifs is 1. The van der Waals surface area contributed by atoms with Gasteiger partial charge in [0.25, 0.3) is 0 Å². The predicted molar refractivity (Wildman–Crippen MR) is 112 cm³/mol. The van der Waals surface area contributed by atoms with Gasteiger partial charge >= 0.3 is 0 Å². The molecule has 1 saturated heterocycles. The van der Waals surface area contributed by atoms with Gasteiger partial charge in [-0.25, -0.2) is 22.8 Å². The fourth-order valence-electron chi connectivity index (χ4n) is 3.63. The van der Waals surface area contributed by atoms with E-state index in [1.807, 2.05) is 35.2 Å². The van der Waals surface area contributed by atoms with Crippen molar-refractivity contribution in [1.29, 1.82) is 0 Å². The number of anilines is 1. The summed E-state index contributed by atoms with van der Waals surface area (Å²) < 4.78 is 42.2. The number of rotatable bonds is 4. The lowest BCUT2D eigenvalue weighted by molar-refractivity contribution is 0.384. The van der Waals surface area contributed by atoms with E-state index in [2.05, 4.69) is 20.3 Å². The highest BCUT2D eigenvalue weighted by molar-refractivity contribution is 7.89. The summed E-state index contributed by atoms with van der Waals surface area (Å²) in [6, 6.07) is 14.6. The minimum Gasteiger partial charge on any atom is -0.352 e. The molecule has 1 aliphatic rings. The molecule has 158 valence electrons. The van der Waals surface area contributed by atoms with Crippen molar-refractivity contribution in [2.24, 2.45) is 0 Å². The number of halogens is 1. The predicted octanol–water partition coefficient (Wildman–Crippen LogP) is 1.86. The van der Waals surface area contributed by atoms with Gasteiger partial charge in [0.1, 0.15) is 12.1 Å². The molecule has 0 N–H and O–H groups in total. The van der Waals surface area contributed by atoms with Crippen molar-refractivity contribution in [3.63, 3.8) is 0 Å². The fourth-order valence-corrected chi connectivity index (χ4v) is 5.08. The third-order valence-electron chi connectivity index (χ3n) is 5.19. The maximum absolute atomic E-state index is 13.5. The highest BCUT2D eigenvalue weighted by atomic mass is 32.2. The van der Waals surface area contributed by atoms with E-state index in [0.29, 0.717) is 30.1 Å². The number of hydrogen-bond donors (Lipinski definition) is 0. The van der Waals surface area contributed by atoms with Crippen LogP contribution in [0.3, 0.4) is 0 Å². The molecule has 0 spiro atoms. The molecule has 9 nitrogen and oxygen atoms in total. The minimum atomic E-state index is -3.76. The second-order valence-electron chi connectivity index (χ2n) is 7.05. The van der Waals surface area contributed by atoms with Crippen LogP contribution in [0.5, 0.6) is 0 Å². The molecule has 0 unspecified atom stereocenters. The molecule has 2 aromatic heterocycles. The van der Waals surface area contributed by atoms with Crippen LogP contribution < -0.4 is 4.90 Å². The van der Waals surface area contributed by atoms with Crippen molar-refractivity contribution in [3.8, 4) is 5.69 Å². The molecule has 5 rings (SSSR count). The van der Waals surface area contributed by atoms with Crippen LogP contribution >= 0.6 is 0 Å². The van der Waals surface area contributed by atoms with Crippen LogP contribution in [-0.4, -0.2) is 63.9 Å². The van der Waals surface area contributed by atoms with Crippen molar-refractivity contribution in [2.75, 3.05) is 31.1 Å². The van der Waals surface area contributed by atoms with Gasteiger partial charge in [0.15, 0.2) is 17.0 Å². The third-order valence-corrected chi connectivity index (χ3v) is 7.09. The highest BCUT2D eigenvalue weighted by Crippen LogP contribution is 2.25. The average molecular weight is 439 g/mol. The van der Waals surface area contributed by atoms with E-state index in [1.165, 1.54) is 28.8 Å². The second kappa shape index (κ2) is 7.67. The van der Waals surface area contributed by atoms with E-state index >= 15 is 0 Å². The van der Waals surface area contributed by atoms with Gasteiger partial charge < -0.3 is 4.90 Å². The number of para-hydroxylation sites is 1. The van der Waals surface area contributed by atoms with Crippen molar-refractivity contribution in [3.05, 3.63) is 66.7 Å². The molecule has 2 aromatic carbocycles. The lowest BCUT2D eigenvalue weighted by atomic mass is 10.3. The Hall–Kier alpha value is -3.44. The Morgan fingerprint density at radius 1 is 0.903 bits per heavy atom. The van der Waals surface area contributed by atoms with Crippen LogP contribution in [-0.2, 0) is 10.0 Å². The Morgan fingerprint density at radius 3 is 2.42 bits per heavy atom. The first-order valence-electron chi connectivity index (χ1n) is 9.66. The molecule has 1 fully saturated rings. The Kier molecular flexibility index (Phi) is 4.83. The molecular weight excluding hydrogens is 421 g/mol. The van der Waals surface area contributed by atoms with E-state index in [9.17, 15) is 12.8 Å². The Morgan fingerprint density at radius 2 is 1.68 bits per heavy atom. The van der Waals surface area contributed by atoms with Gasteiger partial charge in [0, 0.05) is 26.2 Å². The van der Waals surface area contributed by atoms with Gasteiger partial charge in [0.2, 0.25) is 10.0 Å². The van der Waals surface area contributed by atoms with Gasteiger partial charge in [-0.1, -0.05) is 29.5 Å². The van der Waals surface area contributed by atoms with Crippen molar-refractivity contribution in [2.45, 2.75) is 4.90 Å². The van der Waals surface area contributed by atoms with Gasteiger partial charge in [-0.05, 0) is 30.3 Å². The topological polar surface area (TPSA) is 97.1 Å². The molecule has 31 heavy (non-hydrogen) atoms. The summed E-state index contributed by atoms with van der Waals surface area (Å²) in [5.41, 5.74) is 1.96. The van der Waals surface area contributed by atoms with Crippen LogP contribution in [0.2, 0.25) is 0 Å². The lowest BCUT2D eigenvalue weighted by Gasteiger charge is -2.34. The summed E-state index contributed by atoms with van der Waals surface area (Å²) in [6.07, 6.45) is 1.45. The highest BCUT2D eigenvalue weighted by Gasteiger charge is 2.30. The van der Waals surface area contributed by atoms with Gasteiger partial charge in [-0.15, -0.1) is 5.10 Å². The lowest BCUT2D eigenvalue weighted by Crippen LogP contribution is -2.49. The number of piperazine rings is 1. The zero-order valence-electron chi connectivity index (χ0n) is 16.3. The molecule has 0 aliphatic carbocycles. The zero-order chi connectivity index (χ0) is 21.4. The van der Waals surface area contributed by atoms with Gasteiger partial charge in [-0.2, -0.15) is 8.99 Å². The van der Waals surface area contributed by atoms with Crippen LogP contribution in [0.1, 0.15) is 0 Å². The normalized spacial score (nSPS) is 15.5. The number of aromatic nitrogens is 5. The summed E-state index contributed by atoms with van der Waals surface area (Å²) in [6.45, 7) is 1.33. The zero-order valence-corrected chi connectivity index (χ0v) is 17.2. The molecule has 11 heteroatoms. The van der Waals surface area contributed by atoms with E-state index in [4.69, 9.17) is 0 Å². The maximum Gasteiger partial charge on any atom is 0.243 e. The van der Waals surface area contributed by atoms with Crippen molar-refractivity contribution in [1.82, 2.24) is 29.3 Å². The molecule has 0 bridgehead atoms. The SMILES string of the molecule is O=S(=O)(c1cccc(F)c1)N1CCN(c2ncnc3c2nnn3-c2ccccc2)CC1. The van der Waals surface area contributed by atoms with Crippen LogP contribution in [0, 0.1) is 5.82 Å². The molecular formula is C20H18FN7O2S. The largest absolute Gasteiger partial charge is 0.352 e. The van der Waals surface area contributed by atoms with E-state index in [-0.39, 0.29) is 18.0 Å². The first-order chi connectivity index (χ1) is 15.0. The third kappa shape index (κ3) is 3.51. The first-order valence-corrected chi connectivity index (χ1v) is 11.1. The summed E-state index contributed by atoms with van der Waals surface area (Å²) in [7, 11) is -3.76. The van der Waals surface area contributed by atoms with E-state index < -0.39 is 15.8 Å². The molecule has 0 amide bonds. The number of benzene rings is 2. The smallest absolute Gasteiger partial charge is 0.243 e. The summed E-state index contributed by atoms with van der Waals surface area (Å²) in [5, 5.41) is 8.49.